The number of likely N-dealkylation sites (tertiary alicyclic amines) is 1. The van der Waals surface area contributed by atoms with Crippen molar-refractivity contribution in [1.29, 1.82) is 0 Å². The SMILES string of the molecule is CC(=O)N1CC(C(=O)Nc2onc3c2CSC3)C1. The molecule has 1 N–H and O–H groups in total. The van der Waals surface area contributed by atoms with Crippen molar-refractivity contribution in [2.24, 2.45) is 5.92 Å². The van der Waals surface area contributed by atoms with Gasteiger partial charge >= 0.3 is 0 Å². The van der Waals surface area contributed by atoms with Gasteiger partial charge in [0.05, 0.1) is 17.2 Å². The number of carbonyl (C=O) groups is 2. The number of aromatic nitrogens is 1. The lowest BCUT2D eigenvalue weighted by Crippen LogP contribution is -2.53. The average molecular weight is 267 g/mol. The summed E-state index contributed by atoms with van der Waals surface area (Å²) < 4.78 is 5.13. The maximum atomic E-state index is 11.9. The van der Waals surface area contributed by atoms with Gasteiger partial charge < -0.3 is 9.42 Å². The Hall–Kier alpha value is -1.50. The Morgan fingerprint density at radius 1 is 1.44 bits per heavy atom. The van der Waals surface area contributed by atoms with Crippen molar-refractivity contribution in [3.05, 3.63) is 11.3 Å². The van der Waals surface area contributed by atoms with Gasteiger partial charge in [-0.1, -0.05) is 5.16 Å². The van der Waals surface area contributed by atoms with Gasteiger partial charge in [-0.25, -0.2) is 0 Å². The fraction of sp³-hybridized carbons (Fsp3) is 0.545. The molecular formula is C11H13N3O3S. The van der Waals surface area contributed by atoms with E-state index in [-0.39, 0.29) is 17.7 Å². The highest BCUT2D eigenvalue weighted by atomic mass is 32.2. The second-order valence-electron chi connectivity index (χ2n) is 4.54. The Kier molecular flexibility index (Phi) is 2.77. The van der Waals surface area contributed by atoms with E-state index in [0.717, 1.165) is 22.8 Å². The van der Waals surface area contributed by atoms with E-state index in [1.807, 2.05) is 0 Å². The summed E-state index contributed by atoms with van der Waals surface area (Å²) in [7, 11) is 0. The van der Waals surface area contributed by atoms with E-state index in [4.69, 9.17) is 4.52 Å². The Balaban J connectivity index is 1.60. The van der Waals surface area contributed by atoms with Crippen LogP contribution in [0.5, 0.6) is 0 Å². The first-order valence-electron chi connectivity index (χ1n) is 5.76. The molecule has 0 unspecified atom stereocenters. The van der Waals surface area contributed by atoms with Gasteiger partial charge in [0.2, 0.25) is 17.7 Å². The first-order chi connectivity index (χ1) is 8.65. The molecule has 0 atom stereocenters. The standard InChI is InChI=1S/C11H13N3O3S/c1-6(15)14-2-7(3-14)10(16)12-11-8-4-18-5-9(8)13-17-11/h7H,2-5H2,1H3,(H,12,16). The maximum Gasteiger partial charge on any atom is 0.235 e. The number of fused-ring (bicyclic) bond motifs is 1. The van der Waals surface area contributed by atoms with E-state index in [1.165, 1.54) is 6.92 Å². The third-order valence-corrected chi connectivity index (χ3v) is 4.26. The molecule has 0 radical (unpaired) electrons. The summed E-state index contributed by atoms with van der Waals surface area (Å²) in [5.74, 6) is 1.93. The molecule has 2 aliphatic heterocycles. The third kappa shape index (κ3) is 1.88. The van der Waals surface area contributed by atoms with Crippen LogP contribution in [0.4, 0.5) is 5.88 Å². The molecular weight excluding hydrogens is 254 g/mol. The van der Waals surface area contributed by atoms with E-state index in [9.17, 15) is 9.59 Å². The molecule has 0 aliphatic carbocycles. The number of rotatable bonds is 2. The average Bonchev–Trinajstić information content (AvgIpc) is 2.79. The monoisotopic (exact) mass is 267 g/mol. The molecule has 6 nitrogen and oxygen atoms in total. The highest BCUT2D eigenvalue weighted by Gasteiger charge is 2.35. The van der Waals surface area contributed by atoms with E-state index in [2.05, 4.69) is 10.5 Å². The lowest BCUT2D eigenvalue weighted by atomic mass is 9.99. The summed E-state index contributed by atoms with van der Waals surface area (Å²) in [6, 6.07) is 0. The van der Waals surface area contributed by atoms with Gasteiger partial charge in [-0.2, -0.15) is 11.8 Å². The second kappa shape index (κ2) is 4.31. The highest BCUT2D eigenvalue weighted by molar-refractivity contribution is 7.98. The van der Waals surface area contributed by atoms with Gasteiger partial charge in [-0.3, -0.25) is 14.9 Å². The number of anilines is 1. The molecule has 0 aromatic carbocycles. The molecule has 3 heterocycles. The first kappa shape index (κ1) is 11.6. The molecule has 0 bridgehead atoms. The predicted molar refractivity (Wildman–Crippen MR) is 65.9 cm³/mol. The van der Waals surface area contributed by atoms with Gasteiger partial charge in [0.1, 0.15) is 0 Å². The Morgan fingerprint density at radius 3 is 2.94 bits per heavy atom. The van der Waals surface area contributed by atoms with Crippen molar-refractivity contribution in [2.75, 3.05) is 18.4 Å². The Bertz CT molecular complexity index is 508. The minimum Gasteiger partial charge on any atom is -0.341 e. The van der Waals surface area contributed by atoms with Crippen molar-refractivity contribution in [1.82, 2.24) is 10.1 Å². The molecule has 2 amide bonds. The zero-order valence-electron chi connectivity index (χ0n) is 9.93. The number of amides is 2. The summed E-state index contributed by atoms with van der Waals surface area (Å²) >= 11 is 1.76. The van der Waals surface area contributed by atoms with E-state index >= 15 is 0 Å². The minimum absolute atomic E-state index is 0.0102. The number of thioether (sulfide) groups is 1. The van der Waals surface area contributed by atoms with Crippen LogP contribution < -0.4 is 5.32 Å². The van der Waals surface area contributed by atoms with Crippen LogP contribution in [0.2, 0.25) is 0 Å². The zero-order chi connectivity index (χ0) is 12.7. The molecule has 1 saturated heterocycles. The van der Waals surface area contributed by atoms with Crippen molar-refractivity contribution in [3.63, 3.8) is 0 Å². The predicted octanol–water partition coefficient (Wildman–Crippen LogP) is 0.838. The van der Waals surface area contributed by atoms with Gasteiger partial charge in [-0.05, 0) is 0 Å². The maximum absolute atomic E-state index is 11.9. The quantitative estimate of drug-likeness (QED) is 0.859. The molecule has 18 heavy (non-hydrogen) atoms. The summed E-state index contributed by atoms with van der Waals surface area (Å²) in [6.45, 7) is 2.49. The fourth-order valence-corrected chi connectivity index (χ4v) is 3.09. The number of hydrogen-bond donors (Lipinski definition) is 1. The largest absolute Gasteiger partial charge is 0.341 e. The van der Waals surface area contributed by atoms with Crippen LogP contribution in [-0.4, -0.2) is 35.0 Å². The molecule has 7 heteroatoms. The summed E-state index contributed by atoms with van der Waals surface area (Å²) in [4.78, 5) is 24.6. The van der Waals surface area contributed by atoms with Crippen molar-refractivity contribution >= 4 is 29.5 Å². The van der Waals surface area contributed by atoms with Crippen LogP contribution >= 0.6 is 11.8 Å². The van der Waals surface area contributed by atoms with Gasteiger partial charge in [-0.15, -0.1) is 0 Å². The number of nitrogens with zero attached hydrogens (tertiary/aromatic N) is 2. The summed E-state index contributed by atoms with van der Waals surface area (Å²) in [6.07, 6.45) is 0. The molecule has 0 saturated carbocycles. The van der Waals surface area contributed by atoms with Gasteiger partial charge in [0, 0.05) is 31.5 Å². The number of hydrogen-bond acceptors (Lipinski definition) is 5. The first-order valence-corrected chi connectivity index (χ1v) is 6.92. The lowest BCUT2D eigenvalue weighted by molar-refractivity contribution is -0.139. The highest BCUT2D eigenvalue weighted by Crippen LogP contribution is 2.34. The molecule has 1 fully saturated rings. The Morgan fingerprint density at radius 2 is 2.22 bits per heavy atom. The number of carbonyl (C=O) groups excluding carboxylic acids is 2. The summed E-state index contributed by atoms with van der Waals surface area (Å²) in [5.41, 5.74) is 1.92. The van der Waals surface area contributed by atoms with Crippen molar-refractivity contribution in [2.45, 2.75) is 18.4 Å². The lowest BCUT2D eigenvalue weighted by Gasteiger charge is -2.37. The van der Waals surface area contributed by atoms with E-state index < -0.39 is 0 Å². The van der Waals surface area contributed by atoms with E-state index in [0.29, 0.717) is 19.0 Å². The van der Waals surface area contributed by atoms with Crippen molar-refractivity contribution < 1.29 is 14.1 Å². The van der Waals surface area contributed by atoms with E-state index in [1.54, 1.807) is 16.7 Å². The fourth-order valence-electron chi connectivity index (χ4n) is 2.07. The van der Waals surface area contributed by atoms with Gasteiger partial charge in [0.25, 0.3) is 0 Å². The smallest absolute Gasteiger partial charge is 0.235 e. The van der Waals surface area contributed by atoms with Crippen LogP contribution in [0.3, 0.4) is 0 Å². The molecule has 96 valence electrons. The topological polar surface area (TPSA) is 75.4 Å². The zero-order valence-corrected chi connectivity index (χ0v) is 10.7. The van der Waals surface area contributed by atoms with Crippen LogP contribution in [0, 0.1) is 5.92 Å². The third-order valence-electron chi connectivity index (χ3n) is 3.29. The second-order valence-corrected chi connectivity index (χ2v) is 5.53. The molecule has 1 aromatic heterocycles. The Labute approximate surface area is 108 Å². The minimum atomic E-state index is -0.135. The van der Waals surface area contributed by atoms with Crippen LogP contribution in [0.15, 0.2) is 4.52 Å². The van der Waals surface area contributed by atoms with Gasteiger partial charge in [0.15, 0.2) is 0 Å². The molecule has 2 aliphatic rings. The molecule has 3 rings (SSSR count). The molecule has 0 spiro atoms. The van der Waals surface area contributed by atoms with Crippen LogP contribution in [0.1, 0.15) is 18.2 Å². The van der Waals surface area contributed by atoms with Crippen molar-refractivity contribution in [3.8, 4) is 0 Å². The van der Waals surface area contributed by atoms with Crippen LogP contribution in [0.25, 0.3) is 0 Å². The number of nitrogens with one attached hydrogen (secondary N) is 1. The van der Waals surface area contributed by atoms with Crippen LogP contribution in [-0.2, 0) is 21.1 Å². The molecule has 1 aromatic rings. The normalized spacial score (nSPS) is 18.4. The summed E-state index contributed by atoms with van der Waals surface area (Å²) in [5, 5.41) is 6.69.